The first-order valence-corrected chi connectivity index (χ1v) is 8.23. The summed E-state index contributed by atoms with van der Waals surface area (Å²) in [5.41, 5.74) is 2.86. The Hall–Kier alpha value is -3.54. The van der Waals surface area contributed by atoms with Crippen LogP contribution in [-0.4, -0.2) is 29.3 Å². The van der Waals surface area contributed by atoms with Crippen LogP contribution >= 0.6 is 0 Å². The second-order valence-corrected chi connectivity index (χ2v) is 6.09. The molecule has 0 radical (unpaired) electrons. The van der Waals surface area contributed by atoms with Crippen molar-refractivity contribution in [3.05, 3.63) is 77.0 Å². The molecule has 1 aliphatic heterocycles. The number of nitrogens with one attached hydrogen (secondary N) is 2. The summed E-state index contributed by atoms with van der Waals surface area (Å²) in [5.74, 6) is -1.18. The zero-order chi connectivity index (χ0) is 18.1. The van der Waals surface area contributed by atoms with Gasteiger partial charge in [0.25, 0.3) is 17.7 Å². The maximum absolute atomic E-state index is 12.3. The highest BCUT2D eigenvalue weighted by atomic mass is 16.2. The molecule has 2 N–H and O–H groups in total. The number of hydrogen-bond acceptors (Lipinski definition) is 4. The molecule has 1 aromatic heterocycles. The first-order chi connectivity index (χ1) is 12.6. The van der Waals surface area contributed by atoms with Crippen LogP contribution < -0.4 is 10.6 Å². The average molecular weight is 345 g/mol. The highest BCUT2D eigenvalue weighted by molar-refractivity contribution is 6.22. The predicted octanol–water partition coefficient (Wildman–Crippen LogP) is 2.09. The van der Waals surface area contributed by atoms with Crippen molar-refractivity contribution in [3.8, 4) is 0 Å². The molecule has 2 heterocycles. The van der Waals surface area contributed by atoms with Crippen LogP contribution in [0, 0.1) is 0 Å². The Morgan fingerprint density at radius 2 is 1.81 bits per heavy atom. The maximum atomic E-state index is 12.3. The number of pyridine rings is 1. The average Bonchev–Trinajstić information content (AvgIpc) is 2.95. The Morgan fingerprint density at radius 3 is 2.69 bits per heavy atom. The quantitative estimate of drug-likeness (QED) is 0.709. The molecule has 0 atom stereocenters. The van der Waals surface area contributed by atoms with Gasteiger partial charge in [0, 0.05) is 23.7 Å². The fourth-order valence-corrected chi connectivity index (χ4v) is 2.98. The Balaban J connectivity index is 1.41. The van der Waals surface area contributed by atoms with E-state index < -0.39 is 11.8 Å². The van der Waals surface area contributed by atoms with Crippen molar-refractivity contribution in [2.24, 2.45) is 0 Å². The zero-order valence-electron chi connectivity index (χ0n) is 13.8. The lowest BCUT2D eigenvalue weighted by molar-refractivity contribution is 0.0878. The van der Waals surface area contributed by atoms with Crippen molar-refractivity contribution in [2.75, 3.05) is 6.54 Å². The number of fused-ring (bicyclic) bond motifs is 2. The van der Waals surface area contributed by atoms with Gasteiger partial charge in [-0.15, -0.1) is 0 Å². The monoisotopic (exact) mass is 345 g/mol. The van der Waals surface area contributed by atoms with Gasteiger partial charge in [0.1, 0.15) is 0 Å². The van der Waals surface area contributed by atoms with Crippen LogP contribution in [0.4, 0.5) is 0 Å². The van der Waals surface area contributed by atoms with Crippen molar-refractivity contribution >= 4 is 28.6 Å². The standard InChI is InChI=1S/C20H15N3O3/c24-18(14-5-6-15-16(10-14)20(26)23-19(15)25)21-8-7-12-9-13-3-1-2-4-17(13)22-11-12/h1-6,9-11H,7-8H2,(H,21,24)(H,23,25,26). The van der Waals surface area contributed by atoms with E-state index in [1.165, 1.54) is 12.1 Å². The Labute approximate surface area is 149 Å². The van der Waals surface area contributed by atoms with Crippen LogP contribution in [0.5, 0.6) is 0 Å². The summed E-state index contributed by atoms with van der Waals surface area (Å²) >= 11 is 0. The highest BCUT2D eigenvalue weighted by Crippen LogP contribution is 2.17. The van der Waals surface area contributed by atoms with Crippen LogP contribution in [0.2, 0.25) is 0 Å². The van der Waals surface area contributed by atoms with Crippen molar-refractivity contribution < 1.29 is 14.4 Å². The molecule has 4 rings (SSSR count). The molecule has 6 nitrogen and oxygen atoms in total. The number of carbonyl (C=O) groups excluding carboxylic acids is 3. The van der Waals surface area contributed by atoms with Gasteiger partial charge in [-0.25, -0.2) is 0 Å². The number of nitrogens with zero attached hydrogens (tertiary/aromatic N) is 1. The van der Waals surface area contributed by atoms with E-state index >= 15 is 0 Å². The highest BCUT2D eigenvalue weighted by Gasteiger charge is 2.27. The molecular formula is C20H15N3O3. The van der Waals surface area contributed by atoms with Crippen molar-refractivity contribution in [1.29, 1.82) is 0 Å². The molecule has 0 fully saturated rings. The van der Waals surface area contributed by atoms with Crippen LogP contribution in [-0.2, 0) is 6.42 Å². The van der Waals surface area contributed by atoms with Crippen molar-refractivity contribution in [2.45, 2.75) is 6.42 Å². The maximum Gasteiger partial charge on any atom is 0.258 e. The third-order valence-electron chi connectivity index (χ3n) is 4.34. The molecule has 6 heteroatoms. The summed E-state index contributed by atoms with van der Waals surface area (Å²) in [4.78, 5) is 39.9. The van der Waals surface area contributed by atoms with E-state index in [9.17, 15) is 14.4 Å². The van der Waals surface area contributed by atoms with Gasteiger partial charge in [-0.3, -0.25) is 24.7 Å². The predicted molar refractivity (Wildman–Crippen MR) is 96.0 cm³/mol. The summed E-state index contributed by atoms with van der Waals surface area (Å²) in [6.45, 7) is 0.446. The lowest BCUT2D eigenvalue weighted by atomic mass is 10.1. The first kappa shape index (κ1) is 16.0. The van der Waals surface area contributed by atoms with E-state index in [-0.39, 0.29) is 11.5 Å². The number of amides is 3. The minimum Gasteiger partial charge on any atom is -0.352 e. The van der Waals surface area contributed by atoms with E-state index in [1.54, 1.807) is 12.3 Å². The Bertz CT molecular complexity index is 1060. The summed E-state index contributed by atoms with van der Waals surface area (Å²) in [7, 11) is 0. The number of rotatable bonds is 4. The SMILES string of the molecule is O=C(NCCc1cnc2ccccc2c1)c1ccc2c(c1)C(=O)NC2=O. The zero-order valence-corrected chi connectivity index (χ0v) is 13.8. The van der Waals surface area contributed by atoms with Gasteiger partial charge in [-0.1, -0.05) is 18.2 Å². The number of aromatic nitrogens is 1. The molecule has 0 aliphatic carbocycles. The summed E-state index contributed by atoms with van der Waals surface area (Å²) < 4.78 is 0. The van der Waals surface area contributed by atoms with Crippen LogP contribution in [0.15, 0.2) is 54.7 Å². The lowest BCUT2D eigenvalue weighted by Crippen LogP contribution is -2.26. The molecular weight excluding hydrogens is 330 g/mol. The third-order valence-corrected chi connectivity index (χ3v) is 4.34. The topological polar surface area (TPSA) is 88.2 Å². The van der Waals surface area contributed by atoms with Gasteiger partial charge >= 0.3 is 0 Å². The van der Waals surface area contributed by atoms with Crippen molar-refractivity contribution in [1.82, 2.24) is 15.6 Å². The minimum atomic E-state index is -0.470. The van der Waals surface area contributed by atoms with Gasteiger partial charge in [0.2, 0.25) is 0 Å². The number of benzene rings is 2. The largest absolute Gasteiger partial charge is 0.352 e. The summed E-state index contributed by atoms with van der Waals surface area (Å²) in [6, 6.07) is 14.4. The number of hydrogen-bond donors (Lipinski definition) is 2. The Morgan fingerprint density at radius 1 is 1.00 bits per heavy atom. The second-order valence-electron chi connectivity index (χ2n) is 6.09. The fraction of sp³-hybridized carbons (Fsp3) is 0.100. The van der Waals surface area contributed by atoms with Gasteiger partial charge in [0.05, 0.1) is 16.6 Å². The molecule has 0 saturated carbocycles. The normalized spacial score (nSPS) is 12.8. The summed E-state index contributed by atoms with van der Waals surface area (Å²) in [6.07, 6.45) is 2.45. The lowest BCUT2D eigenvalue weighted by Gasteiger charge is -2.07. The molecule has 128 valence electrons. The van der Waals surface area contributed by atoms with Gasteiger partial charge in [-0.05, 0) is 42.3 Å². The fourth-order valence-electron chi connectivity index (χ4n) is 2.98. The van der Waals surface area contributed by atoms with Crippen LogP contribution in [0.1, 0.15) is 36.6 Å². The molecule has 0 unspecified atom stereocenters. The second kappa shape index (κ2) is 6.40. The van der Waals surface area contributed by atoms with Crippen LogP contribution in [0.3, 0.4) is 0 Å². The number of carbonyl (C=O) groups is 3. The molecule has 0 spiro atoms. The molecule has 3 amide bonds. The molecule has 2 aromatic carbocycles. The van der Waals surface area contributed by atoms with Crippen molar-refractivity contribution in [3.63, 3.8) is 0 Å². The minimum absolute atomic E-state index is 0.237. The third kappa shape index (κ3) is 2.93. The first-order valence-electron chi connectivity index (χ1n) is 8.23. The van der Waals surface area contributed by atoms with Gasteiger partial charge in [-0.2, -0.15) is 0 Å². The number of para-hydroxylation sites is 1. The molecule has 3 aromatic rings. The molecule has 1 aliphatic rings. The summed E-state index contributed by atoms with van der Waals surface area (Å²) in [5, 5.41) is 6.10. The van der Waals surface area contributed by atoms with E-state index in [4.69, 9.17) is 0 Å². The van der Waals surface area contributed by atoms with Crippen LogP contribution in [0.25, 0.3) is 10.9 Å². The van der Waals surface area contributed by atoms with E-state index in [1.807, 2.05) is 24.3 Å². The Kier molecular flexibility index (Phi) is 3.93. The number of imide groups is 1. The van der Waals surface area contributed by atoms with E-state index in [0.29, 0.717) is 24.1 Å². The van der Waals surface area contributed by atoms with E-state index in [0.717, 1.165) is 16.5 Å². The van der Waals surface area contributed by atoms with E-state index in [2.05, 4.69) is 21.7 Å². The molecule has 26 heavy (non-hydrogen) atoms. The van der Waals surface area contributed by atoms with Gasteiger partial charge < -0.3 is 5.32 Å². The van der Waals surface area contributed by atoms with Gasteiger partial charge in [0.15, 0.2) is 0 Å². The molecule has 0 bridgehead atoms. The smallest absolute Gasteiger partial charge is 0.258 e. The molecule has 0 saturated heterocycles.